The van der Waals surface area contributed by atoms with Gasteiger partial charge in [-0.1, -0.05) is 28.1 Å². The molecule has 2 aromatic carbocycles. The van der Waals surface area contributed by atoms with Gasteiger partial charge in [0.25, 0.3) is 0 Å². The van der Waals surface area contributed by atoms with Crippen molar-refractivity contribution in [2.45, 2.75) is 12.1 Å². The molecule has 0 aliphatic carbocycles. The third-order valence-corrected chi connectivity index (χ3v) is 6.72. The van der Waals surface area contributed by atoms with Gasteiger partial charge in [-0.05, 0) is 66.8 Å². The van der Waals surface area contributed by atoms with Crippen molar-refractivity contribution in [2.24, 2.45) is 0 Å². The molecule has 1 aliphatic heterocycles. The zero-order valence-electron chi connectivity index (χ0n) is 18.7. The first-order valence-electron chi connectivity index (χ1n) is 10.8. The van der Waals surface area contributed by atoms with Gasteiger partial charge in [0.2, 0.25) is 0 Å². The minimum atomic E-state index is -0.182. The van der Waals surface area contributed by atoms with E-state index in [1.165, 1.54) is 0 Å². The summed E-state index contributed by atoms with van der Waals surface area (Å²) in [5, 5.41) is 4.12. The number of rotatable bonds is 6. The number of halogens is 1. The number of nitrogens with one attached hydrogen (secondary N) is 1. The Morgan fingerprint density at radius 3 is 2.59 bits per heavy atom. The van der Waals surface area contributed by atoms with Crippen LogP contribution in [-0.4, -0.2) is 28.9 Å². The lowest BCUT2D eigenvalue weighted by atomic mass is 10.0. The number of ether oxygens (including phenoxy) is 2. The average Bonchev–Trinajstić information content (AvgIpc) is 3.48. The Hall–Kier alpha value is -3.36. The summed E-state index contributed by atoms with van der Waals surface area (Å²) in [6.07, 6.45) is 3.87. The molecule has 0 unspecified atom stereocenters. The molecule has 34 heavy (non-hydrogen) atoms. The number of aromatic nitrogens is 2. The predicted octanol–water partition coefficient (Wildman–Crippen LogP) is 5.83. The molecule has 2 atom stereocenters. The van der Waals surface area contributed by atoms with Crippen LogP contribution in [0.1, 0.15) is 23.5 Å². The van der Waals surface area contributed by atoms with Crippen molar-refractivity contribution in [3.05, 3.63) is 101 Å². The largest absolute Gasteiger partial charge is 0.497 e. The third-order valence-electron chi connectivity index (χ3n) is 5.91. The lowest BCUT2D eigenvalue weighted by Crippen LogP contribution is -2.30. The fraction of sp³-hybridized carbons (Fsp3) is 0.154. The Balaban J connectivity index is 1.69. The van der Waals surface area contributed by atoms with Gasteiger partial charge in [0.1, 0.15) is 17.5 Å². The van der Waals surface area contributed by atoms with Crippen LogP contribution < -0.4 is 19.7 Å². The Kier molecular flexibility index (Phi) is 6.26. The van der Waals surface area contributed by atoms with E-state index in [1.54, 1.807) is 20.4 Å². The maximum Gasteiger partial charge on any atom is 0.174 e. The van der Waals surface area contributed by atoms with E-state index in [2.05, 4.69) is 66.2 Å². The lowest BCUT2D eigenvalue weighted by molar-refractivity contribution is 0.394. The van der Waals surface area contributed by atoms with E-state index in [1.807, 2.05) is 48.5 Å². The highest BCUT2D eigenvalue weighted by molar-refractivity contribution is 9.10. The first kappa shape index (κ1) is 22.4. The summed E-state index contributed by atoms with van der Waals surface area (Å²) in [5.74, 6) is 1.39. The van der Waals surface area contributed by atoms with Crippen molar-refractivity contribution in [1.29, 1.82) is 0 Å². The van der Waals surface area contributed by atoms with Crippen molar-refractivity contribution >= 4 is 38.9 Å². The second kappa shape index (κ2) is 9.48. The quantitative estimate of drug-likeness (QED) is 0.314. The minimum absolute atomic E-state index is 0.165. The molecule has 4 aromatic rings. The summed E-state index contributed by atoms with van der Waals surface area (Å²) in [6, 6.07) is 23.8. The summed E-state index contributed by atoms with van der Waals surface area (Å²) >= 11 is 9.48. The molecule has 0 radical (unpaired) electrons. The molecule has 172 valence electrons. The van der Waals surface area contributed by atoms with Gasteiger partial charge < -0.3 is 24.3 Å². The van der Waals surface area contributed by atoms with Crippen LogP contribution in [0.5, 0.6) is 11.5 Å². The van der Waals surface area contributed by atoms with Crippen LogP contribution in [-0.2, 0) is 0 Å². The number of hydrogen-bond acceptors (Lipinski definition) is 4. The number of benzene rings is 2. The number of methoxy groups -OCH3 is 2. The summed E-state index contributed by atoms with van der Waals surface area (Å²) in [5.41, 5.74) is 3.88. The SMILES string of the molecule is COc1ccc(N2C(=S)N[C@H](c3ccccn3)[C@H]2c2cccn2-c2cccc(Br)c2)c(OC)c1. The Morgan fingerprint density at radius 1 is 0.971 bits per heavy atom. The lowest BCUT2D eigenvalue weighted by Gasteiger charge is -2.30. The van der Waals surface area contributed by atoms with Gasteiger partial charge in [-0.15, -0.1) is 0 Å². The smallest absolute Gasteiger partial charge is 0.174 e. The van der Waals surface area contributed by atoms with Crippen LogP contribution in [0.3, 0.4) is 0 Å². The molecule has 6 nitrogen and oxygen atoms in total. The van der Waals surface area contributed by atoms with Gasteiger partial charge in [-0.25, -0.2) is 0 Å². The fourth-order valence-corrected chi connectivity index (χ4v) is 5.12. The Morgan fingerprint density at radius 2 is 1.85 bits per heavy atom. The zero-order chi connectivity index (χ0) is 23.7. The normalized spacial score (nSPS) is 17.5. The molecule has 1 fully saturated rings. The highest BCUT2D eigenvalue weighted by Gasteiger charge is 2.43. The predicted molar refractivity (Wildman–Crippen MR) is 141 cm³/mol. The topological polar surface area (TPSA) is 51.5 Å². The first-order valence-corrected chi connectivity index (χ1v) is 12.0. The van der Waals surface area contributed by atoms with Crippen LogP contribution in [0.25, 0.3) is 5.69 Å². The van der Waals surface area contributed by atoms with Crippen molar-refractivity contribution < 1.29 is 9.47 Å². The zero-order valence-corrected chi connectivity index (χ0v) is 21.1. The number of anilines is 1. The number of thiocarbonyl (C=S) groups is 1. The van der Waals surface area contributed by atoms with Gasteiger partial charge in [0, 0.05) is 34.3 Å². The van der Waals surface area contributed by atoms with Crippen LogP contribution in [0, 0.1) is 0 Å². The molecule has 1 aliphatic rings. The first-order chi connectivity index (χ1) is 16.6. The second-order valence-electron chi connectivity index (χ2n) is 7.82. The van der Waals surface area contributed by atoms with Crippen molar-refractivity contribution in [2.75, 3.05) is 19.1 Å². The Bertz CT molecular complexity index is 1330. The molecule has 0 amide bonds. The third kappa shape index (κ3) is 4.03. The van der Waals surface area contributed by atoms with Crippen LogP contribution >= 0.6 is 28.1 Å². The van der Waals surface area contributed by atoms with E-state index >= 15 is 0 Å². The van der Waals surface area contributed by atoms with E-state index in [4.69, 9.17) is 21.7 Å². The van der Waals surface area contributed by atoms with Gasteiger partial charge in [-0.3, -0.25) is 4.98 Å². The minimum Gasteiger partial charge on any atom is -0.497 e. The summed E-state index contributed by atoms with van der Waals surface area (Å²) < 4.78 is 14.4. The standard InChI is InChI=1S/C26H23BrN4O2S/c1-32-19-11-12-21(23(16-19)33-2)31-25(24(29-26(31)34)20-9-3-4-13-28-20)22-10-6-14-30(22)18-8-5-7-17(27)15-18/h3-16,24-25H,1-2H3,(H,29,34)/t24-,25-/m1/s1. The van der Waals surface area contributed by atoms with Crippen LogP contribution in [0.15, 0.2) is 89.7 Å². The van der Waals surface area contributed by atoms with Crippen LogP contribution in [0.4, 0.5) is 5.69 Å². The van der Waals surface area contributed by atoms with Gasteiger partial charge in [0.15, 0.2) is 5.11 Å². The van der Waals surface area contributed by atoms with Gasteiger partial charge >= 0.3 is 0 Å². The fourth-order valence-electron chi connectivity index (χ4n) is 4.39. The summed E-state index contributed by atoms with van der Waals surface area (Å²) in [6.45, 7) is 0. The highest BCUT2D eigenvalue weighted by atomic mass is 79.9. The van der Waals surface area contributed by atoms with Gasteiger partial charge in [-0.2, -0.15) is 0 Å². The molecule has 0 saturated carbocycles. The number of pyridine rings is 1. The van der Waals surface area contributed by atoms with E-state index in [9.17, 15) is 0 Å². The Labute approximate surface area is 212 Å². The molecule has 1 saturated heterocycles. The van der Waals surface area contributed by atoms with E-state index < -0.39 is 0 Å². The second-order valence-corrected chi connectivity index (χ2v) is 9.12. The maximum absolute atomic E-state index is 5.88. The highest BCUT2D eigenvalue weighted by Crippen LogP contribution is 2.45. The monoisotopic (exact) mass is 534 g/mol. The number of hydrogen-bond donors (Lipinski definition) is 1. The van der Waals surface area contributed by atoms with E-state index in [0.717, 1.165) is 27.2 Å². The van der Waals surface area contributed by atoms with Gasteiger partial charge in [0.05, 0.1) is 31.6 Å². The molecular formula is C26H23BrN4O2S. The molecule has 2 aromatic heterocycles. The molecular weight excluding hydrogens is 512 g/mol. The maximum atomic E-state index is 5.88. The number of nitrogens with zero attached hydrogens (tertiary/aromatic N) is 3. The summed E-state index contributed by atoms with van der Waals surface area (Å²) in [7, 11) is 3.29. The molecule has 1 N–H and O–H groups in total. The van der Waals surface area contributed by atoms with E-state index in [0.29, 0.717) is 16.6 Å². The molecule has 0 spiro atoms. The molecule has 8 heteroatoms. The van der Waals surface area contributed by atoms with Crippen molar-refractivity contribution in [1.82, 2.24) is 14.9 Å². The average molecular weight is 535 g/mol. The van der Waals surface area contributed by atoms with Crippen molar-refractivity contribution in [3.63, 3.8) is 0 Å². The molecule has 3 heterocycles. The van der Waals surface area contributed by atoms with E-state index in [-0.39, 0.29) is 12.1 Å². The molecule has 5 rings (SSSR count). The van der Waals surface area contributed by atoms with Crippen molar-refractivity contribution in [3.8, 4) is 17.2 Å². The van der Waals surface area contributed by atoms with Crippen LogP contribution in [0.2, 0.25) is 0 Å². The summed E-state index contributed by atoms with van der Waals surface area (Å²) in [4.78, 5) is 6.76. The molecule has 0 bridgehead atoms.